The summed E-state index contributed by atoms with van der Waals surface area (Å²) in [6.45, 7) is 36.4. The van der Waals surface area contributed by atoms with Gasteiger partial charge in [0.2, 0.25) is 0 Å². The zero-order chi connectivity index (χ0) is 42.1. The van der Waals surface area contributed by atoms with Gasteiger partial charge in [0, 0.05) is 11.5 Å². The number of halogens is 2. The third kappa shape index (κ3) is 12.7. The Morgan fingerprint density at radius 3 is 0.948 bits per heavy atom. The van der Waals surface area contributed by atoms with E-state index >= 15 is 0 Å². The fraction of sp³-hybridized carbons (Fsp3) is 0.423. The van der Waals surface area contributed by atoms with Gasteiger partial charge in [-0.15, -0.1) is 44.8 Å². The zero-order valence-electron chi connectivity index (χ0n) is 38.7. The van der Waals surface area contributed by atoms with Crippen molar-refractivity contribution in [1.82, 2.24) is 0 Å². The maximum Gasteiger partial charge on any atom is -1.00 e. The van der Waals surface area contributed by atoms with E-state index in [0.29, 0.717) is 0 Å². The van der Waals surface area contributed by atoms with E-state index in [1.54, 1.807) is 14.2 Å². The summed E-state index contributed by atoms with van der Waals surface area (Å²) in [4.78, 5) is 0. The molecule has 0 atom stereocenters. The summed E-state index contributed by atoms with van der Waals surface area (Å²) >= 11 is 1.45. The molecule has 0 N–H and O–H groups in total. The van der Waals surface area contributed by atoms with Gasteiger partial charge in [-0.05, 0) is 55.0 Å². The number of aryl methyl sites for hydroxylation is 2. The summed E-state index contributed by atoms with van der Waals surface area (Å²) in [5.74, 6) is 1.89. The van der Waals surface area contributed by atoms with Crippen LogP contribution in [0.1, 0.15) is 116 Å². The van der Waals surface area contributed by atoms with Crippen LogP contribution < -0.4 is 34.3 Å². The van der Waals surface area contributed by atoms with E-state index in [4.69, 9.17) is 9.47 Å². The summed E-state index contributed by atoms with van der Waals surface area (Å²) in [6.07, 6.45) is 0. The summed E-state index contributed by atoms with van der Waals surface area (Å²) < 4.78 is 11.2. The van der Waals surface area contributed by atoms with Crippen molar-refractivity contribution in [3.05, 3.63) is 118 Å². The second-order valence-corrected chi connectivity index (χ2v) is 32.7. The van der Waals surface area contributed by atoms with Crippen LogP contribution in [0.4, 0.5) is 0 Å². The SMILES string of the molecule is COc1ccc(-c2cc(C(C)(C)C)cc(C(C)(C)C)c2)c2cc(C)[cH-]c12.COc1ccc(-c2cc(C(C)(C)C)cc(C(C)(C)C)c2)c2cc(C)[cH-]c12.C[Si](C)=[Hf+2].[Cl-].[Cl-]. The second-order valence-electron chi connectivity index (χ2n) is 19.9. The first-order chi connectivity index (χ1) is 25.7. The predicted octanol–water partition coefficient (Wildman–Crippen LogP) is 9.07. The summed E-state index contributed by atoms with van der Waals surface area (Å²) in [6, 6.07) is 31.8. The second kappa shape index (κ2) is 19.8. The molecule has 2 nitrogen and oxygen atoms in total. The van der Waals surface area contributed by atoms with Crippen LogP contribution in [0.2, 0.25) is 13.1 Å². The van der Waals surface area contributed by atoms with Crippen molar-refractivity contribution >= 4 is 27.0 Å². The first-order valence-corrected chi connectivity index (χ1v) is 28.0. The van der Waals surface area contributed by atoms with Gasteiger partial charge >= 0.3 is 41.6 Å². The zero-order valence-corrected chi connectivity index (χ0v) is 44.8. The number of fused-ring (bicyclic) bond motifs is 2. The molecule has 6 aromatic carbocycles. The van der Waals surface area contributed by atoms with Crippen molar-refractivity contribution in [2.75, 3.05) is 14.2 Å². The molecular formula is C52H68Cl2HfO2Si-2. The molecule has 0 aliphatic heterocycles. The van der Waals surface area contributed by atoms with E-state index in [1.807, 2.05) is 0 Å². The molecule has 6 rings (SSSR count). The van der Waals surface area contributed by atoms with Crippen molar-refractivity contribution in [1.29, 1.82) is 0 Å². The van der Waals surface area contributed by atoms with Crippen LogP contribution >= 0.6 is 0 Å². The van der Waals surface area contributed by atoms with Crippen molar-refractivity contribution in [3.8, 4) is 33.8 Å². The Morgan fingerprint density at radius 2 is 0.724 bits per heavy atom. The van der Waals surface area contributed by atoms with E-state index in [9.17, 15) is 0 Å². The molecule has 6 aromatic rings. The average Bonchev–Trinajstić information content (AvgIpc) is 3.67. The minimum absolute atomic E-state index is 0. The fourth-order valence-electron chi connectivity index (χ4n) is 6.99. The van der Waals surface area contributed by atoms with Gasteiger partial charge in [-0.2, -0.15) is 12.1 Å². The van der Waals surface area contributed by atoms with Crippen LogP contribution in [0, 0.1) is 13.8 Å². The summed E-state index contributed by atoms with van der Waals surface area (Å²) in [5.41, 5.74) is 13.9. The van der Waals surface area contributed by atoms with Gasteiger partial charge in [0.1, 0.15) is 0 Å². The quantitative estimate of drug-likeness (QED) is 0.130. The van der Waals surface area contributed by atoms with Crippen LogP contribution in [0.15, 0.2) is 84.9 Å². The molecule has 0 unspecified atom stereocenters. The average molecular weight is 1000 g/mol. The van der Waals surface area contributed by atoms with E-state index in [0.717, 1.165) is 11.5 Å². The number of methoxy groups -OCH3 is 2. The van der Waals surface area contributed by atoms with Gasteiger partial charge in [-0.3, -0.25) is 0 Å². The Bertz CT molecular complexity index is 2100. The minimum atomic E-state index is 0. The molecule has 58 heavy (non-hydrogen) atoms. The first kappa shape index (κ1) is 51.5. The van der Waals surface area contributed by atoms with Gasteiger partial charge in [-0.1, -0.05) is 169 Å². The molecule has 0 spiro atoms. The Kier molecular flexibility index (Phi) is 17.6. The smallest absolute Gasteiger partial charge is 1.00 e. The fourth-order valence-corrected chi connectivity index (χ4v) is 6.99. The standard InChI is InChI=1S/2C25H31O.C2H6Si.2ClH.Hf/c2*1-16-11-21-20(9-10-23(26-8)22(21)12-16)17-13-18(24(2,3)4)15-19(14-17)25(5,6)7;1-3-2;;;/h2*9-15H,1-8H3;1-2H3;2*1H;/q2*-1;;;;+2/p-2. The molecule has 6 heteroatoms. The van der Waals surface area contributed by atoms with Gasteiger partial charge in [0.25, 0.3) is 0 Å². The normalized spacial score (nSPS) is 11.8. The molecule has 0 aliphatic rings. The Morgan fingerprint density at radius 1 is 0.466 bits per heavy atom. The molecule has 0 saturated heterocycles. The number of hydrogen-bond acceptors (Lipinski definition) is 2. The molecule has 0 heterocycles. The van der Waals surface area contributed by atoms with E-state index < -0.39 is 0 Å². The van der Waals surface area contributed by atoms with Crippen molar-refractivity contribution in [2.45, 2.75) is 132 Å². The van der Waals surface area contributed by atoms with Gasteiger partial charge in [0.15, 0.2) is 0 Å². The van der Waals surface area contributed by atoms with Crippen molar-refractivity contribution < 1.29 is 57.3 Å². The van der Waals surface area contributed by atoms with Crippen LogP contribution in [-0.4, -0.2) is 19.7 Å². The number of rotatable bonds is 4. The van der Waals surface area contributed by atoms with E-state index in [2.05, 4.69) is 195 Å². The Labute approximate surface area is 379 Å². The maximum absolute atomic E-state index is 5.59. The molecule has 312 valence electrons. The molecule has 0 bridgehead atoms. The molecular weight excluding hydrogens is 934 g/mol. The van der Waals surface area contributed by atoms with Crippen LogP contribution in [0.3, 0.4) is 0 Å². The van der Waals surface area contributed by atoms with E-state index in [-0.39, 0.29) is 52.0 Å². The van der Waals surface area contributed by atoms with Crippen molar-refractivity contribution in [3.63, 3.8) is 0 Å². The monoisotopic (exact) mass is 1000 g/mol. The van der Waals surface area contributed by atoms with Gasteiger partial charge < -0.3 is 34.3 Å². The summed E-state index contributed by atoms with van der Waals surface area (Å²) in [5, 5.41) is 4.93. The molecule has 0 amide bonds. The van der Waals surface area contributed by atoms with E-state index in [1.165, 1.54) is 100 Å². The Balaban J connectivity index is 0.000000355. The maximum atomic E-state index is 5.59. The van der Waals surface area contributed by atoms with Gasteiger partial charge in [-0.25, -0.2) is 0 Å². The van der Waals surface area contributed by atoms with Crippen LogP contribution in [0.5, 0.6) is 11.5 Å². The third-order valence-corrected chi connectivity index (χ3v) is 10.4. The van der Waals surface area contributed by atoms with Crippen molar-refractivity contribution in [2.24, 2.45) is 0 Å². The number of hydrogen-bond donors (Lipinski definition) is 0. The molecule has 0 aliphatic carbocycles. The molecule has 0 saturated carbocycles. The largest absolute Gasteiger partial charge is 1.00 e. The topological polar surface area (TPSA) is 18.5 Å². The number of benzene rings is 4. The number of ether oxygens (including phenoxy) is 2. The Hall–Kier alpha value is -2.63. The van der Waals surface area contributed by atoms with Crippen LogP contribution in [-0.2, 0) is 44.7 Å². The first-order valence-electron chi connectivity index (χ1n) is 20.1. The minimum Gasteiger partial charge on any atom is -1.00 e. The molecule has 0 aromatic heterocycles. The summed E-state index contributed by atoms with van der Waals surface area (Å²) in [7, 11) is 3.49. The van der Waals surface area contributed by atoms with Gasteiger partial charge in [0.05, 0.1) is 14.2 Å². The third-order valence-electron chi connectivity index (χ3n) is 10.4. The molecule has 0 fully saturated rings. The molecule has 0 radical (unpaired) electrons. The predicted molar refractivity (Wildman–Crippen MR) is 245 cm³/mol. The van der Waals surface area contributed by atoms with Crippen LogP contribution in [0.25, 0.3) is 43.8 Å².